The Hall–Kier alpha value is -1.25. The van der Waals surface area contributed by atoms with Gasteiger partial charge >= 0.3 is 0 Å². The maximum absolute atomic E-state index is 12.4. The van der Waals surface area contributed by atoms with Crippen molar-refractivity contribution >= 4 is 5.78 Å². The maximum atomic E-state index is 12.4. The molecule has 3 heteroatoms. The number of ketones is 1. The zero-order valence-electron chi connectivity index (χ0n) is 7.26. The van der Waals surface area contributed by atoms with E-state index >= 15 is 0 Å². The molecule has 1 rings (SSSR count). The van der Waals surface area contributed by atoms with E-state index in [0.717, 1.165) is 0 Å². The summed E-state index contributed by atoms with van der Waals surface area (Å²) in [7, 11) is 0. The molecule has 0 aliphatic heterocycles. The lowest BCUT2D eigenvalue weighted by molar-refractivity contribution is -0.116. The Morgan fingerprint density at radius 1 is 1.38 bits per heavy atom. The van der Waals surface area contributed by atoms with Crippen molar-refractivity contribution in [2.24, 2.45) is 0 Å². The molecule has 0 radical (unpaired) electrons. The predicted molar refractivity (Wildman–Crippen MR) is 45.8 cm³/mol. The lowest BCUT2D eigenvalue weighted by Crippen LogP contribution is -2.00. The van der Waals surface area contributed by atoms with Gasteiger partial charge in [0.05, 0.1) is 0 Å². The van der Waals surface area contributed by atoms with Gasteiger partial charge < -0.3 is 0 Å². The van der Waals surface area contributed by atoms with Crippen molar-refractivity contribution in [3.8, 4) is 0 Å². The number of hydrogen-bond acceptors (Lipinski definition) is 1. The van der Waals surface area contributed by atoms with Crippen molar-refractivity contribution < 1.29 is 13.6 Å². The van der Waals surface area contributed by atoms with Gasteiger partial charge in [-0.2, -0.15) is 0 Å². The number of hydrogen-bond donors (Lipinski definition) is 0. The van der Waals surface area contributed by atoms with Crippen LogP contribution in [0.4, 0.5) is 8.78 Å². The second-order valence-corrected chi connectivity index (χ2v) is 2.88. The van der Waals surface area contributed by atoms with E-state index < -0.39 is 6.43 Å². The quantitative estimate of drug-likeness (QED) is 0.705. The molecular weight excluding hydrogens is 174 g/mol. The summed E-state index contributed by atoms with van der Waals surface area (Å²) in [6.07, 6.45) is -2.42. The largest absolute Gasteiger partial charge is 0.300 e. The minimum Gasteiger partial charge on any atom is -0.300 e. The summed E-state index contributed by atoms with van der Waals surface area (Å²) >= 11 is 0. The first-order chi connectivity index (χ1) is 6.11. The van der Waals surface area contributed by atoms with Gasteiger partial charge in [-0.1, -0.05) is 24.3 Å². The van der Waals surface area contributed by atoms with E-state index in [9.17, 15) is 13.6 Å². The molecule has 0 saturated carbocycles. The molecule has 0 N–H and O–H groups in total. The van der Waals surface area contributed by atoms with Crippen molar-refractivity contribution in [2.45, 2.75) is 19.8 Å². The van der Waals surface area contributed by atoms with Gasteiger partial charge in [-0.15, -0.1) is 0 Å². The lowest BCUT2D eigenvalue weighted by Gasteiger charge is -2.05. The van der Waals surface area contributed by atoms with Gasteiger partial charge in [0.2, 0.25) is 0 Å². The third-order valence-electron chi connectivity index (χ3n) is 1.73. The smallest absolute Gasteiger partial charge is 0.264 e. The van der Waals surface area contributed by atoms with Crippen molar-refractivity contribution in [3.63, 3.8) is 0 Å². The monoisotopic (exact) mass is 184 g/mol. The molecule has 1 aromatic carbocycles. The van der Waals surface area contributed by atoms with Crippen LogP contribution in [0.25, 0.3) is 0 Å². The molecule has 0 saturated heterocycles. The zero-order chi connectivity index (χ0) is 9.84. The summed E-state index contributed by atoms with van der Waals surface area (Å²) in [5.41, 5.74) is 0.378. The highest BCUT2D eigenvalue weighted by Gasteiger charge is 2.12. The molecule has 1 nitrogen and oxygen atoms in total. The fourth-order valence-electron chi connectivity index (χ4n) is 1.18. The van der Waals surface area contributed by atoms with Crippen LogP contribution in [0.1, 0.15) is 24.5 Å². The molecule has 0 aromatic heterocycles. The Morgan fingerprint density at radius 3 is 2.54 bits per heavy atom. The van der Waals surface area contributed by atoms with E-state index in [1.807, 2.05) is 0 Å². The van der Waals surface area contributed by atoms with Crippen molar-refractivity contribution in [1.82, 2.24) is 0 Å². The summed E-state index contributed by atoms with van der Waals surface area (Å²) < 4.78 is 24.7. The van der Waals surface area contributed by atoms with E-state index in [1.54, 1.807) is 18.2 Å². The zero-order valence-corrected chi connectivity index (χ0v) is 7.26. The maximum Gasteiger partial charge on any atom is 0.264 e. The number of benzene rings is 1. The van der Waals surface area contributed by atoms with E-state index in [-0.39, 0.29) is 17.8 Å². The minimum absolute atomic E-state index is 0.0438. The van der Waals surface area contributed by atoms with Gasteiger partial charge in [-0.05, 0) is 12.5 Å². The molecule has 13 heavy (non-hydrogen) atoms. The van der Waals surface area contributed by atoms with Gasteiger partial charge in [0.1, 0.15) is 5.78 Å². The average molecular weight is 184 g/mol. The van der Waals surface area contributed by atoms with Gasteiger partial charge in [-0.25, -0.2) is 8.78 Å². The molecular formula is C10H10F2O. The molecule has 1 aromatic rings. The topological polar surface area (TPSA) is 17.1 Å². The SMILES string of the molecule is CC(=O)Cc1ccccc1C(F)F. The fourth-order valence-corrected chi connectivity index (χ4v) is 1.18. The minimum atomic E-state index is -2.50. The van der Waals surface area contributed by atoms with Gasteiger partial charge in [0.15, 0.2) is 0 Å². The van der Waals surface area contributed by atoms with Crippen LogP contribution in [0, 0.1) is 0 Å². The third kappa shape index (κ3) is 2.61. The number of halogens is 2. The van der Waals surface area contributed by atoms with E-state index in [2.05, 4.69) is 0 Å². The van der Waals surface area contributed by atoms with Crippen LogP contribution in [0.3, 0.4) is 0 Å². The average Bonchev–Trinajstić information content (AvgIpc) is 2.03. The van der Waals surface area contributed by atoms with Gasteiger partial charge in [-0.3, -0.25) is 4.79 Å². The number of Topliss-reactive ketones (excluding diaryl/α,β-unsaturated/α-hetero) is 1. The predicted octanol–water partition coefficient (Wildman–Crippen LogP) is 2.76. The Labute approximate surface area is 75.4 Å². The second-order valence-electron chi connectivity index (χ2n) is 2.88. The summed E-state index contributed by atoms with van der Waals surface area (Å²) in [4.78, 5) is 10.7. The van der Waals surface area contributed by atoms with Crippen LogP contribution in [-0.2, 0) is 11.2 Å². The summed E-state index contributed by atoms with van der Waals surface area (Å²) in [5, 5.41) is 0. The molecule has 0 atom stereocenters. The molecule has 0 aliphatic rings. The van der Waals surface area contributed by atoms with Crippen molar-refractivity contribution in [1.29, 1.82) is 0 Å². The summed E-state index contributed by atoms with van der Waals surface area (Å²) in [6.45, 7) is 1.39. The molecule has 0 heterocycles. The molecule has 0 amide bonds. The highest BCUT2D eigenvalue weighted by atomic mass is 19.3. The first-order valence-corrected chi connectivity index (χ1v) is 3.96. The Kier molecular flexibility index (Phi) is 3.12. The lowest BCUT2D eigenvalue weighted by atomic mass is 10.0. The normalized spacial score (nSPS) is 10.5. The fraction of sp³-hybridized carbons (Fsp3) is 0.300. The highest BCUT2D eigenvalue weighted by Crippen LogP contribution is 2.22. The molecule has 0 unspecified atom stereocenters. The van der Waals surface area contributed by atoms with E-state index in [1.165, 1.54) is 13.0 Å². The highest BCUT2D eigenvalue weighted by molar-refractivity contribution is 5.78. The van der Waals surface area contributed by atoms with Crippen LogP contribution in [0.5, 0.6) is 0 Å². The molecule has 0 fully saturated rings. The summed E-state index contributed by atoms with van der Waals surface area (Å²) in [6, 6.07) is 6.11. The van der Waals surface area contributed by atoms with E-state index in [4.69, 9.17) is 0 Å². The van der Waals surface area contributed by atoms with Gasteiger partial charge in [0, 0.05) is 12.0 Å². The standard InChI is InChI=1S/C10H10F2O/c1-7(13)6-8-4-2-3-5-9(8)10(11)12/h2-5,10H,6H2,1H3. The summed E-state index contributed by atoms with van der Waals surface area (Å²) in [5.74, 6) is -0.104. The number of alkyl halides is 2. The molecule has 0 aliphatic carbocycles. The third-order valence-corrected chi connectivity index (χ3v) is 1.73. The van der Waals surface area contributed by atoms with Crippen molar-refractivity contribution in [2.75, 3.05) is 0 Å². The molecule has 0 spiro atoms. The number of carbonyl (C=O) groups is 1. The Morgan fingerprint density at radius 2 is 2.00 bits per heavy atom. The van der Waals surface area contributed by atoms with Crippen LogP contribution in [0.2, 0.25) is 0 Å². The van der Waals surface area contributed by atoms with Crippen LogP contribution in [0.15, 0.2) is 24.3 Å². The number of rotatable bonds is 3. The van der Waals surface area contributed by atoms with Crippen LogP contribution >= 0.6 is 0 Å². The second kappa shape index (κ2) is 4.12. The first kappa shape index (κ1) is 9.84. The molecule has 70 valence electrons. The van der Waals surface area contributed by atoms with Crippen LogP contribution < -0.4 is 0 Å². The van der Waals surface area contributed by atoms with E-state index in [0.29, 0.717) is 5.56 Å². The van der Waals surface area contributed by atoms with Gasteiger partial charge in [0.25, 0.3) is 6.43 Å². The first-order valence-electron chi connectivity index (χ1n) is 3.96. The Balaban J connectivity index is 2.97. The number of carbonyl (C=O) groups excluding carboxylic acids is 1. The Bertz CT molecular complexity index is 308. The molecule has 0 bridgehead atoms. The van der Waals surface area contributed by atoms with Crippen molar-refractivity contribution in [3.05, 3.63) is 35.4 Å². The van der Waals surface area contributed by atoms with Crippen LogP contribution in [-0.4, -0.2) is 5.78 Å².